The molecule has 1 aromatic rings. The van der Waals surface area contributed by atoms with Gasteiger partial charge >= 0.3 is 5.97 Å². The van der Waals surface area contributed by atoms with Crippen LogP contribution in [-0.4, -0.2) is 38.8 Å². The van der Waals surface area contributed by atoms with E-state index in [-0.39, 0.29) is 0 Å². The molecule has 2 rings (SSSR count). The maximum Gasteiger partial charge on any atom is 0.303 e. The van der Waals surface area contributed by atoms with Crippen LogP contribution in [0.15, 0.2) is 12.4 Å². The van der Waals surface area contributed by atoms with Crippen LogP contribution in [0.2, 0.25) is 0 Å². The third-order valence-corrected chi connectivity index (χ3v) is 3.87. The van der Waals surface area contributed by atoms with Crippen molar-refractivity contribution < 1.29 is 9.90 Å². The Kier molecular flexibility index (Phi) is 4.01. The molecule has 100 valence electrons. The van der Waals surface area contributed by atoms with Crippen LogP contribution in [0.3, 0.4) is 0 Å². The molecule has 0 spiro atoms. The fraction of sp³-hybridized carbons (Fsp3) is 0.692. The number of rotatable bonds is 4. The Labute approximate surface area is 107 Å². The quantitative estimate of drug-likeness (QED) is 0.884. The molecule has 1 unspecified atom stereocenters. The van der Waals surface area contributed by atoms with Gasteiger partial charge in [0.05, 0.1) is 6.20 Å². The molecule has 1 fully saturated rings. The smallest absolute Gasteiger partial charge is 0.303 e. The SMILES string of the molecule is CC(c1cnn(C)c1)N1CCC(CC(=O)O)CC1. The van der Waals surface area contributed by atoms with Crippen molar-refractivity contribution >= 4 is 5.97 Å². The van der Waals surface area contributed by atoms with Gasteiger partial charge in [0.2, 0.25) is 0 Å². The summed E-state index contributed by atoms with van der Waals surface area (Å²) in [5, 5.41) is 13.0. The first kappa shape index (κ1) is 13.1. The summed E-state index contributed by atoms with van der Waals surface area (Å²) in [5.41, 5.74) is 1.23. The molecule has 1 N–H and O–H groups in total. The predicted molar refractivity (Wildman–Crippen MR) is 68.2 cm³/mol. The highest BCUT2D eigenvalue weighted by Crippen LogP contribution is 2.27. The lowest BCUT2D eigenvalue weighted by molar-refractivity contribution is -0.138. The molecule has 2 heterocycles. The summed E-state index contributed by atoms with van der Waals surface area (Å²) in [5.74, 6) is -0.325. The van der Waals surface area contributed by atoms with Crippen LogP contribution in [-0.2, 0) is 11.8 Å². The molecule has 5 nitrogen and oxygen atoms in total. The molecule has 0 aliphatic carbocycles. The molecule has 0 saturated carbocycles. The van der Waals surface area contributed by atoms with Gasteiger partial charge < -0.3 is 5.11 Å². The Balaban J connectivity index is 1.87. The van der Waals surface area contributed by atoms with Gasteiger partial charge in [0, 0.05) is 31.3 Å². The zero-order valence-electron chi connectivity index (χ0n) is 11.0. The van der Waals surface area contributed by atoms with Gasteiger partial charge in [0.15, 0.2) is 0 Å². The molecule has 1 saturated heterocycles. The number of carbonyl (C=O) groups is 1. The molecule has 1 aliphatic rings. The first-order valence-corrected chi connectivity index (χ1v) is 6.50. The second-order valence-corrected chi connectivity index (χ2v) is 5.20. The number of carboxylic acids is 1. The molecule has 1 atom stereocenters. The second-order valence-electron chi connectivity index (χ2n) is 5.20. The molecule has 0 amide bonds. The number of aryl methyl sites for hydroxylation is 1. The number of hydrogen-bond acceptors (Lipinski definition) is 3. The van der Waals surface area contributed by atoms with E-state index >= 15 is 0 Å². The average Bonchev–Trinajstić information content (AvgIpc) is 2.75. The maximum absolute atomic E-state index is 10.7. The molecular formula is C13H21N3O2. The van der Waals surface area contributed by atoms with E-state index in [9.17, 15) is 4.79 Å². The summed E-state index contributed by atoms with van der Waals surface area (Å²) >= 11 is 0. The first-order chi connectivity index (χ1) is 8.56. The van der Waals surface area contributed by atoms with Crippen LogP contribution in [0.25, 0.3) is 0 Å². The molecule has 1 aliphatic heterocycles. The van der Waals surface area contributed by atoms with Gasteiger partial charge in [-0.2, -0.15) is 5.10 Å². The molecule has 1 aromatic heterocycles. The summed E-state index contributed by atoms with van der Waals surface area (Å²) < 4.78 is 1.82. The van der Waals surface area contributed by atoms with Gasteiger partial charge in [-0.05, 0) is 38.8 Å². The fourth-order valence-corrected chi connectivity index (χ4v) is 2.66. The molecule has 0 bridgehead atoms. The minimum atomic E-state index is -0.672. The zero-order chi connectivity index (χ0) is 13.1. The second kappa shape index (κ2) is 5.52. The van der Waals surface area contributed by atoms with Crippen molar-refractivity contribution in [3.8, 4) is 0 Å². The Morgan fingerprint density at radius 3 is 2.72 bits per heavy atom. The van der Waals surface area contributed by atoms with Crippen molar-refractivity contribution in [2.24, 2.45) is 13.0 Å². The number of aromatic nitrogens is 2. The summed E-state index contributed by atoms with van der Waals surface area (Å²) in [6.45, 7) is 4.15. The van der Waals surface area contributed by atoms with Crippen LogP contribution in [0.1, 0.15) is 37.8 Å². The molecule has 0 radical (unpaired) electrons. The third-order valence-electron chi connectivity index (χ3n) is 3.87. The van der Waals surface area contributed by atoms with Crippen LogP contribution >= 0.6 is 0 Å². The van der Waals surface area contributed by atoms with Crippen LogP contribution in [0.5, 0.6) is 0 Å². The Morgan fingerprint density at radius 2 is 2.22 bits per heavy atom. The lowest BCUT2D eigenvalue weighted by Crippen LogP contribution is -2.36. The standard InChI is InChI=1S/C13H21N3O2/c1-10(12-8-14-15(2)9-12)16-5-3-11(4-6-16)7-13(17)18/h8-11H,3-7H2,1-2H3,(H,17,18). The number of nitrogens with zero attached hydrogens (tertiary/aromatic N) is 3. The number of hydrogen-bond donors (Lipinski definition) is 1. The molecular weight excluding hydrogens is 230 g/mol. The van der Waals surface area contributed by atoms with E-state index in [0.717, 1.165) is 25.9 Å². The molecule has 0 aromatic carbocycles. The number of carboxylic acid groups (broad SMARTS) is 1. The first-order valence-electron chi connectivity index (χ1n) is 6.50. The number of likely N-dealkylation sites (tertiary alicyclic amines) is 1. The maximum atomic E-state index is 10.7. The van der Waals surface area contributed by atoms with E-state index in [1.165, 1.54) is 5.56 Å². The highest BCUT2D eigenvalue weighted by Gasteiger charge is 2.25. The van der Waals surface area contributed by atoms with Crippen LogP contribution in [0.4, 0.5) is 0 Å². The van der Waals surface area contributed by atoms with Gasteiger partial charge in [-0.25, -0.2) is 0 Å². The van der Waals surface area contributed by atoms with Gasteiger partial charge in [-0.1, -0.05) is 0 Å². The number of aliphatic carboxylic acids is 1. The monoisotopic (exact) mass is 251 g/mol. The Hall–Kier alpha value is -1.36. The average molecular weight is 251 g/mol. The highest BCUT2D eigenvalue weighted by molar-refractivity contribution is 5.67. The fourth-order valence-electron chi connectivity index (χ4n) is 2.66. The summed E-state index contributed by atoms with van der Waals surface area (Å²) in [6.07, 6.45) is 6.24. The Morgan fingerprint density at radius 1 is 1.56 bits per heavy atom. The van der Waals surface area contributed by atoms with Crippen molar-refractivity contribution in [1.82, 2.24) is 14.7 Å². The van der Waals surface area contributed by atoms with Crippen LogP contribution in [0, 0.1) is 5.92 Å². The largest absolute Gasteiger partial charge is 0.481 e. The lowest BCUT2D eigenvalue weighted by atomic mass is 9.92. The summed E-state index contributed by atoms with van der Waals surface area (Å²) in [4.78, 5) is 13.1. The van der Waals surface area contributed by atoms with Crippen molar-refractivity contribution in [3.05, 3.63) is 18.0 Å². The van der Waals surface area contributed by atoms with Crippen molar-refractivity contribution in [1.29, 1.82) is 0 Å². The summed E-state index contributed by atoms with van der Waals surface area (Å²) in [6, 6.07) is 0.365. The normalized spacial score (nSPS) is 19.9. The van der Waals surface area contributed by atoms with E-state index < -0.39 is 5.97 Å². The van der Waals surface area contributed by atoms with E-state index in [1.807, 2.05) is 24.1 Å². The van der Waals surface area contributed by atoms with E-state index in [0.29, 0.717) is 18.4 Å². The van der Waals surface area contributed by atoms with Gasteiger partial charge in [-0.15, -0.1) is 0 Å². The topological polar surface area (TPSA) is 58.4 Å². The van der Waals surface area contributed by atoms with Crippen molar-refractivity contribution in [2.75, 3.05) is 13.1 Å². The molecule has 5 heteroatoms. The summed E-state index contributed by atoms with van der Waals surface area (Å²) in [7, 11) is 1.93. The highest BCUT2D eigenvalue weighted by atomic mass is 16.4. The predicted octanol–water partition coefficient (Wildman–Crippen LogP) is 1.67. The van der Waals surface area contributed by atoms with Crippen molar-refractivity contribution in [3.63, 3.8) is 0 Å². The van der Waals surface area contributed by atoms with Gasteiger partial charge in [-0.3, -0.25) is 14.4 Å². The minimum absolute atomic E-state index is 0.315. The Bertz CT molecular complexity index is 408. The zero-order valence-corrected chi connectivity index (χ0v) is 11.0. The van der Waals surface area contributed by atoms with E-state index in [4.69, 9.17) is 5.11 Å². The minimum Gasteiger partial charge on any atom is -0.481 e. The van der Waals surface area contributed by atoms with E-state index in [2.05, 4.69) is 16.9 Å². The third kappa shape index (κ3) is 3.10. The lowest BCUT2D eigenvalue weighted by Gasteiger charge is -2.35. The van der Waals surface area contributed by atoms with Crippen LogP contribution < -0.4 is 0 Å². The molecule has 18 heavy (non-hydrogen) atoms. The van der Waals surface area contributed by atoms with Gasteiger partial charge in [0.1, 0.15) is 0 Å². The van der Waals surface area contributed by atoms with E-state index in [1.54, 1.807) is 0 Å². The van der Waals surface area contributed by atoms with Gasteiger partial charge in [0.25, 0.3) is 0 Å². The van der Waals surface area contributed by atoms with Crippen molar-refractivity contribution in [2.45, 2.75) is 32.2 Å². The number of piperidine rings is 1.